The third-order valence-electron chi connectivity index (χ3n) is 5.87. The maximum absolute atomic E-state index is 13.6. The molecule has 10 nitrogen and oxygen atoms in total. The van der Waals surface area contributed by atoms with Crippen LogP contribution in [0, 0.1) is 22.6 Å². The second-order valence-electron chi connectivity index (χ2n) is 8.89. The molecule has 2 aliphatic rings. The Hall–Kier alpha value is -3.88. The molecule has 1 aliphatic heterocycles. The molecule has 0 radical (unpaired) electrons. The summed E-state index contributed by atoms with van der Waals surface area (Å²) in [7, 11) is 0. The van der Waals surface area contributed by atoms with Gasteiger partial charge in [0.05, 0.1) is 41.8 Å². The molecule has 180 valence electrons. The number of aromatic amines is 1. The predicted octanol–water partition coefficient (Wildman–Crippen LogP) is 2.94. The lowest BCUT2D eigenvalue weighted by atomic mass is 9.91. The molecule has 1 saturated carbocycles. The van der Waals surface area contributed by atoms with Gasteiger partial charge in [0, 0.05) is 17.8 Å². The summed E-state index contributed by atoms with van der Waals surface area (Å²) in [5.74, 6) is 0.241. The number of anilines is 1. The molecule has 1 aliphatic carbocycles. The molecule has 3 aromatic rings. The van der Waals surface area contributed by atoms with Gasteiger partial charge in [0.15, 0.2) is 5.82 Å². The van der Waals surface area contributed by atoms with Gasteiger partial charge in [0.25, 0.3) is 0 Å². The first-order valence-corrected chi connectivity index (χ1v) is 11.3. The zero-order chi connectivity index (χ0) is 24.4. The lowest BCUT2D eigenvalue weighted by Crippen LogP contribution is -2.49. The number of halogens is 1. The van der Waals surface area contributed by atoms with E-state index in [0.29, 0.717) is 28.5 Å². The molecule has 11 heteroatoms. The maximum atomic E-state index is 13.6. The number of nitrogens with one attached hydrogen (secondary N) is 3. The quantitative estimate of drug-likeness (QED) is 0.442. The van der Waals surface area contributed by atoms with Gasteiger partial charge in [-0.25, -0.2) is 19.3 Å². The molecule has 2 aromatic heterocycles. The number of H-pyrrole nitrogens is 1. The Morgan fingerprint density at radius 2 is 1.97 bits per heavy atom. The van der Waals surface area contributed by atoms with Crippen LogP contribution in [-0.4, -0.2) is 51.6 Å². The molecule has 35 heavy (non-hydrogen) atoms. The van der Waals surface area contributed by atoms with Gasteiger partial charge in [-0.05, 0) is 50.1 Å². The van der Waals surface area contributed by atoms with Crippen molar-refractivity contribution in [2.24, 2.45) is 5.41 Å². The molecule has 1 amide bonds. The molecule has 0 bridgehead atoms. The number of ether oxygens (including phenoxy) is 2. The smallest absolute Gasteiger partial charge is 0.230 e. The lowest BCUT2D eigenvalue weighted by Gasteiger charge is -2.35. The minimum Gasteiger partial charge on any atom is -0.353 e. The van der Waals surface area contributed by atoms with Crippen molar-refractivity contribution in [2.45, 2.75) is 32.1 Å². The highest BCUT2D eigenvalue weighted by Crippen LogP contribution is 2.36. The van der Waals surface area contributed by atoms with E-state index in [2.05, 4.69) is 25.6 Å². The highest BCUT2D eigenvalue weighted by atomic mass is 19.1. The van der Waals surface area contributed by atoms with E-state index >= 15 is 0 Å². The number of amides is 1. The fourth-order valence-corrected chi connectivity index (χ4v) is 3.69. The van der Waals surface area contributed by atoms with Crippen LogP contribution in [0.4, 0.5) is 10.3 Å². The molecule has 0 spiro atoms. The van der Waals surface area contributed by atoms with Crippen molar-refractivity contribution in [1.29, 1.82) is 5.26 Å². The third kappa shape index (κ3) is 4.99. The predicted molar refractivity (Wildman–Crippen MR) is 123 cm³/mol. The van der Waals surface area contributed by atoms with Gasteiger partial charge < -0.3 is 25.1 Å². The van der Waals surface area contributed by atoms with Crippen molar-refractivity contribution in [3.8, 4) is 28.7 Å². The van der Waals surface area contributed by atoms with Crippen LogP contribution < -0.4 is 10.6 Å². The third-order valence-corrected chi connectivity index (χ3v) is 5.87. The normalized spacial score (nSPS) is 21.8. The SMILES string of the molecule is CC1(C(=O)NC2CC2)COC(c2nc(-c3ccc(F)cc3)c(-c3ccnc(NCC#N)n3)[nH]2)OC1. The number of nitrogens with zero attached hydrogens (tertiary/aromatic N) is 4. The van der Waals surface area contributed by atoms with Gasteiger partial charge in [-0.2, -0.15) is 5.26 Å². The highest BCUT2D eigenvalue weighted by molar-refractivity contribution is 5.83. The number of rotatable bonds is 7. The summed E-state index contributed by atoms with van der Waals surface area (Å²) in [6.07, 6.45) is 2.76. The van der Waals surface area contributed by atoms with Crippen LogP contribution in [0.1, 0.15) is 31.9 Å². The number of aromatic nitrogens is 4. The molecule has 0 atom stereocenters. The Bertz CT molecular complexity index is 1260. The largest absolute Gasteiger partial charge is 0.353 e. The van der Waals surface area contributed by atoms with Gasteiger partial charge >= 0.3 is 0 Å². The number of benzene rings is 1. The van der Waals surface area contributed by atoms with E-state index in [4.69, 9.17) is 19.7 Å². The number of carbonyl (C=O) groups excluding carboxylic acids is 1. The fourth-order valence-electron chi connectivity index (χ4n) is 3.69. The number of carbonyl (C=O) groups is 1. The monoisotopic (exact) mass is 477 g/mol. The lowest BCUT2D eigenvalue weighted by molar-refractivity contribution is -0.231. The van der Waals surface area contributed by atoms with Gasteiger partial charge in [0.1, 0.15) is 12.4 Å². The topological polar surface area (TPSA) is 138 Å². The van der Waals surface area contributed by atoms with Crippen LogP contribution in [0.5, 0.6) is 0 Å². The van der Waals surface area contributed by atoms with E-state index < -0.39 is 11.7 Å². The molecule has 3 heterocycles. The van der Waals surface area contributed by atoms with Gasteiger partial charge in [-0.1, -0.05) is 0 Å². The number of nitriles is 1. The Kier molecular flexibility index (Phi) is 6.15. The van der Waals surface area contributed by atoms with Gasteiger partial charge in [-0.3, -0.25) is 4.79 Å². The first-order chi connectivity index (χ1) is 16.9. The number of imidazole rings is 1. The van der Waals surface area contributed by atoms with Crippen LogP contribution in [0.25, 0.3) is 22.6 Å². The van der Waals surface area contributed by atoms with Crippen LogP contribution in [0.2, 0.25) is 0 Å². The van der Waals surface area contributed by atoms with Crippen LogP contribution in [0.15, 0.2) is 36.5 Å². The summed E-state index contributed by atoms with van der Waals surface area (Å²) < 4.78 is 25.4. The van der Waals surface area contributed by atoms with Gasteiger partial charge in [-0.15, -0.1) is 0 Å². The summed E-state index contributed by atoms with van der Waals surface area (Å²) in [5, 5.41) is 14.7. The summed E-state index contributed by atoms with van der Waals surface area (Å²) in [6.45, 7) is 2.22. The molecule has 0 unspecified atom stereocenters. The van der Waals surface area contributed by atoms with Crippen molar-refractivity contribution in [2.75, 3.05) is 25.1 Å². The Labute approximate surface area is 200 Å². The maximum Gasteiger partial charge on any atom is 0.230 e. The van der Waals surface area contributed by atoms with Crippen molar-refractivity contribution in [3.63, 3.8) is 0 Å². The summed E-state index contributed by atoms with van der Waals surface area (Å²) in [4.78, 5) is 29.1. The zero-order valence-corrected chi connectivity index (χ0v) is 19.0. The van der Waals surface area contributed by atoms with E-state index in [1.54, 1.807) is 24.4 Å². The van der Waals surface area contributed by atoms with E-state index in [-0.39, 0.29) is 43.5 Å². The number of hydrogen-bond acceptors (Lipinski definition) is 8. The minimum absolute atomic E-state index is 0.0549. The first-order valence-electron chi connectivity index (χ1n) is 11.3. The minimum atomic E-state index is -0.817. The Balaban J connectivity index is 1.43. The highest BCUT2D eigenvalue weighted by Gasteiger charge is 2.42. The fraction of sp³-hybridized carbons (Fsp3) is 0.375. The van der Waals surface area contributed by atoms with E-state index in [1.807, 2.05) is 13.0 Å². The standard InChI is InChI=1S/C24H24FN7O3/c1-24(22(33)29-16-6-7-16)12-34-21(35-13-24)20-31-18(14-2-4-15(25)5-3-14)19(32-20)17-8-10-27-23(30-17)28-11-9-26/h2-5,8,10,16,21H,6-7,11-13H2,1H3,(H,29,33)(H,31,32)(H,27,28,30). The molecular weight excluding hydrogens is 453 g/mol. The van der Waals surface area contributed by atoms with Crippen LogP contribution >= 0.6 is 0 Å². The van der Waals surface area contributed by atoms with E-state index in [0.717, 1.165) is 12.8 Å². The summed E-state index contributed by atoms with van der Waals surface area (Å²) >= 11 is 0. The summed E-state index contributed by atoms with van der Waals surface area (Å²) in [6, 6.07) is 9.88. The zero-order valence-electron chi connectivity index (χ0n) is 19.0. The van der Waals surface area contributed by atoms with Crippen molar-refractivity contribution in [3.05, 3.63) is 48.2 Å². The molecule has 5 rings (SSSR count). The van der Waals surface area contributed by atoms with Crippen molar-refractivity contribution < 1.29 is 18.7 Å². The average Bonchev–Trinajstić information content (AvgIpc) is 3.58. The van der Waals surface area contributed by atoms with Crippen molar-refractivity contribution >= 4 is 11.9 Å². The summed E-state index contributed by atoms with van der Waals surface area (Å²) in [5.41, 5.74) is 1.47. The molecule has 1 aromatic carbocycles. The van der Waals surface area contributed by atoms with E-state index in [1.165, 1.54) is 12.1 Å². The average molecular weight is 478 g/mol. The molecular formula is C24H24FN7O3. The first kappa shape index (κ1) is 22.9. The van der Waals surface area contributed by atoms with Crippen LogP contribution in [0.3, 0.4) is 0 Å². The van der Waals surface area contributed by atoms with Gasteiger partial charge in [0.2, 0.25) is 18.1 Å². The Morgan fingerprint density at radius 1 is 1.23 bits per heavy atom. The van der Waals surface area contributed by atoms with Crippen LogP contribution in [-0.2, 0) is 14.3 Å². The second kappa shape index (κ2) is 9.40. The molecule has 2 fully saturated rings. The molecule has 1 saturated heterocycles. The second-order valence-corrected chi connectivity index (χ2v) is 8.89. The Morgan fingerprint density at radius 3 is 2.66 bits per heavy atom. The van der Waals surface area contributed by atoms with Crippen molar-refractivity contribution in [1.82, 2.24) is 25.3 Å². The number of hydrogen-bond donors (Lipinski definition) is 3. The van der Waals surface area contributed by atoms with E-state index in [9.17, 15) is 9.18 Å². The molecule has 3 N–H and O–H groups in total.